The summed E-state index contributed by atoms with van der Waals surface area (Å²) in [5, 5.41) is 24.9. The fraction of sp³-hybridized carbons (Fsp3) is 0.455. The molecule has 1 atom stereocenters. The lowest BCUT2D eigenvalue weighted by molar-refractivity contribution is -0.389. The summed E-state index contributed by atoms with van der Waals surface area (Å²) in [4.78, 5) is 26.5. The average Bonchev–Trinajstić information content (AvgIpc) is 2.87. The van der Waals surface area contributed by atoms with Crippen LogP contribution in [-0.4, -0.2) is 30.9 Å². The molecule has 0 saturated carbocycles. The number of carboxylic acid groups (broad SMARTS) is 1. The van der Waals surface area contributed by atoms with Crippen LogP contribution >= 0.6 is 11.3 Å². The van der Waals surface area contributed by atoms with Gasteiger partial charge >= 0.3 is 11.8 Å². The molecule has 2 heterocycles. The number of aromatic nitrogens is 2. The first-order valence-corrected chi connectivity index (χ1v) is 6.88. The van der Waals surface area contributed by atoms with Crippen LogP contribution < -0.4 is 5.32 Å². The van der Waals surface area contributed by atoms with Crippen LogP contribution in [0.3, 0.4) is 0 Å². The first-order chi connectivity index (χ1) is 9.39. The molecular formula is C11H14N4O4S. The van der Waals surface area contributed by atoms with Crippen molar-refractivity contribution in [1.82, 2.24) is 9.38 Å². The zero-order valence-corrected chi connectivity index (χ0v) is 11.8. The molecule has 20 heavy (non-hydrogen) atoms. The molecule has 9 heteroatoms. The number of aliphatic carboxylic acids is 1. The van der Waals surface area contributed by atoms with E-state index in [1.165, 1.54) is 28.9 Å². The van der Waals surface area contributed by atoms with Gasteiger partial charge in [0.1, 0.15) is 11.7 Å². The van der Waals surface area contributed by atoms with Crippen LogP contribution in [0.5, 0.6) is 0 Å². The van der Waals surface area contributed by atoms with Crippen molar-refractivity contribution in [3.05, 3.63) is 21.7 Å². The molecule has 2 rings (SSSR count). The predicted octanol–water partition coefficient (Wildman–Crippen LogP) is 2.36. The quantitative estimate of drug-likeness (QED) is 0.625. The normalized spacial score (nSPS) is 14.1. The van der Waals surface area contributed by atoms with Crippen LogP contribution in [0.15, 0.2) is 11.6 Å². The van der Waals surface area contributed by atoms with E-state index in [1.54, 1.807) is 5.38 Å². The van der Waals surface area contributed by atoms with E-state index in [0.717, 1.165) is 0 Å². The van der Waals surface area contributed by atoms with Crippen molar-refractivity contribution in [3.63, 3.8) is 0 Å². The molecule has 0 aromatic carbocycles. The van der Waals surface area contributed by atoms with Crippen LogP contribution in [0.1, 0.15) is 26.7 Å². The largest absolute Gasteiger partial charge is 0.480 e. The topological polar surface area (TPSA) is 110 Å². The molecule has 0 aliphatic carbocycles. The third-order valence-corrected chi connectivity index (χ3v) is 3.78. The fourth-order valence-corrected chi connectivity index (χ4v) is 2.73. The minimum Gasteiger partial charge on any atom is -0.480 e. The van der Waals surface area contributed by atoms with E-state index in [4.69, 9.17) is 0 Å². The fourth-order valence-electron chi connectivity index (χ4n) is 2.02. The molecule has 108 valence electrons. The summed E-state index contributed by atoms with van der Waals surface area (Å²) in [6.45, 7) is 3.35. The van der Waals surface area contributed by atoms with E-state index >= 15 is 0 Å². The molecule has 2 aromatic rings. The molecule has 0 aliphatic rings. The second-order valence-corrected chi connectivity index (χ2v) is 5.48. The highest BCUT2D eigenvalue weighted by Gasteiger charge is 2.36. The predicted molar refractivity (Wildman–Crippen MR) is 74.3 cm³/mol. The summed E-state index contributed by atoms with van der Waals surface area (Å²) in [5.41, 5.74) is -1.29. The molecule has 2 N–H and O–H groups in total. The Bertz CT molecular complexity index is 664. The van der Waals surface area contributed by atoms with Gasteiger partial charge in [-0.05, 0) is 18.3 Å². The number of nitrogens with zero attached hydrogens (tertiary/aromatic N) is 3. The van der Waals surface area contributed by atoms with Crippen LogP contribution in [-0.2, 0) is 4.79 Å². The third-order valence-electron chi connectivity index (χ3n) is 3.03. The molecule has 1 unspecified atom stereocenters. The van der Waals surface area contributed by atoms with Crippen LogP contribution in [0, 0.1) is 10.1 Å². The maximum absolute atomic E-state index is 11.4. The minimum atomic E-state index is -1.29. The zero-order valence-electron chi connectivity index (χ0n) is 11.0. The van der Waals surface area contributed by atoms with Crippen molar-refractivity contribution >= 4 is 33.9 Å². The Morgan fingerprint density at radius 1 is 1.70 bits per heavy atom. The van der Waals surface area contributed by atoms with Crippen molar-refractivity contribution in [3.8, 4) is 0 Å². The summed E-state index contributed by atoms with van der Waals surface area (Å²) in [5.74, 6) is -1.32. The van der Waals surface area contributed by atoms with E-state index in [2.05, 4.69) is 10.3 Å². The summed E-state index contributed by atoms with van der Waals surface area (Å²) < 4.78 is 1.33. The number of carboxylic acids is 1. The van der Waals surface area contributed by atoms with Gasteiger partial charge < -0.3 is 20.5 Å². The number of imidazole rings is 1. The molecule has 2 aromatic heterocycles. The molecule has 0 spiro atoms. The van der Waals surface area contributed by atoms with Gasteiger partial charge in [0, 0.05) is 5.38 Å². The number of fused-ring (bicyclic) bond motifs is 1. The van der Waals surface area contributed by atoms with E-state index in [-0.39, 0.29) is 11.6 Å². The molecule has 0 amide bonds. The highest BCUT2D eigenvalue weighted by Crippen LogP contribution is 2.31. The van der Waals surface area contributed by atoms with Crippen molar-refractivity contribution in [2.45, 2.75) is 32.2 Å². The van der Waals surface area contributed by atoms with Crippen LogP contribution in [0.2, 0.25) is 0 Å². The van der Waals surface area contributed by atoms with Gasteiger partial charge in [0.05, 0.1) is 0 Å². The van der Waals surface area contributed by atoms with Gasteiger partial charge in [-0.3, -0.25) is 0 Å². The molecule has 0 radical (unpaired) electrons. The maximum Gasteiger partial charge on any atom is 0.372 e. The van der Waals surface area contributed by atoms with Crippen LogP contribution in [0.4, 0.5) is 11.6 Å². The van der Waals surface area contributed by atoms with Gasteiger partial charge in [-0.25, -0.2) is 4.79 Å². The van der Waals surface area contributed by atoms with E-state index < -0.39 is 16.4 Å². The summed E-state index contributed by atoms with van der Waals surface area (Å²) in [7, 11) is 0. The summed E-state index contributed by atoms with van der Waals surface area (Å²) >= 11 is 1.25. The highest BCUT2D eigenvalue weighted by atomic mass is 32.1. The molecular weight excluding hydrogens is 284 g/mol. The van der Waals surface area contributed by atoms with Gasteiger partial charge in [0.25, 0.3) is 4.96 Å². The highest BCUT2D eigenvalue weighted by molar-refractivity contribution is 7.15. The SMILES string of the molecule is CCCC(C)(Nc1nc2sccn2c1[N+](=O)[O-])C(=O)O. The number of hydrogen-bond acceptors (Lipinski definition) is 6. The second-order valence-electron chi connectivity index (χ2n) is 4.61. The first-order valence-electron chi connectivity index (χ1n) is 6.00. The Kier molecular flexibility index (Phi) is 3.62. The number of hydrogen-bond donors (Lipinski definition) is 2. The summed E-state index contributed by atoms with van der Waals surface area (Å²) in [6, 6.07) is 0. The van der Waals surface area contributed by atoms with Gasteiger partial charge in [-0.2, -0.15) is 9.38 Å². The Morgan fingerprint density at radius 3 is 2.95 bits per heavy atom. The Morgan fingerprint density at radius 2 is 2.40 bits per heavy atom. The Hall–Kier alpha value is -2.16. The van der Waals surface area contributed by atoms with E-state index in [9.17, 15) is 20.0 Å². The van der Waals surface area contributed by atoms with Gasteiger partial charge in [-0.15, -0.1) is 0 Å². The lowest BCUT2D eigenvalue weighted by Gasteiger charge is -2.25. The Labute approximate surface area is 118 Å². The number of nitro groups is 1. The molecule has 0 bridgehead atoms. The van der Waals surface area contributed by atoms with E-state index in [1.807, 2.05) is 6.92 Å². The second kappa shape index (κ2) is 5.08. The van der Waals surface area contributed by atoms with Crippen molar-refractivity contribution in [2.75, 3.05) is 5.32 Å². The van der Waals surface area contributed by atoms with Crippen molar-refractivity contribution in [1.29, 1.82) is 0 Å². The van der Waals surface area contributed by atoms with E-state index in [0.29, 0.717) is 17.8 Å². The Balaban J connectivity index is 2.47. The number of carbonyl (C=O) groups is 1. The average molecular weight is 298 g/mol. The van der Waals surface area contributed by atoms with Crippen molar-refractivity contribution < 1.29 is 14.8 Å². The monoisotopic (exact) mass is 298 g/mol. The van der Waals surface area contributed by atoms with Gasteiger partial charge in [0.15, 0.2) is 0 Å². The lowest BCUT2D eigenvalue weighted by atomic mass is 9.96. The number of nitrogens with one attached hydrogen (secondary N) is 1. The molecule has 0 fully saturated rings. The number of anilines is 1. The number of rotatable bonds is 6. The summed E-state index contributed by atoms with van der Waals surface area (Å²) in [6.07, 6.45) is 2.50. The minimum absolute atomic E-state index is 0.0137. The van der Waals surface area contributed by atoms with Crippen LogP contribution in [0.25, 0.3) is 4.96 Å². The van der Waals surface area contributed by atoms with Crippen molar-refractivity contribution in [2.24, 2.45) is 0 Å². The smallest absolute Gasteiger partial charge is 0.372 e. The first kappa shape index (κ1) is 14.3. The lowest BCUT2D eigenvalue weighted by Crippen LogP contribution is -2.43. The number of thiazole rings is 1. The zero-order chi connectivity index (χ0) is 14.9. The third kappa shape index (κ3) is 2.31. The molecule has 0 saturated heterocycles. The van der Waals surface area contributed by atoms with Gasteiger partial charge in [0.2, 0.25) is 5.82 Å². The molecule has 8 nitrogen and oxygen atoms in total. The van der Waals surface area contributed by atoms with Gasteiger partial charge in [-0.1, -0.05) is 24.7 Å². The standard InChI is InChI=1S/C11H14N4O4S/c1-3-4-11(2,9(16)17)13-7-8(15(18)19)14-5-6-20-10(14)12-7/h5-6,13H,3-4H2,1-2H3,(H,16,17). The maximum atomic E-state index is 11.4. The molecule has 0 aliphatic heterocycles.